The number of piperidine rings is 1. The van der Waals surface area contributed by atoms with Crippen LogP contribution in [0.5, 0.6) is 0 Å². The summed E-state index contributed by atoms with van der Waals surface area (Å²) in [5, 5.41) is 7.65. The number of nitrogens with one attached hydrogen (secondary N) is 2. The monoisotopic (exact) mass is 262 g/mol. The number of nitrogens with zero attached hydrogens (tertiary/aromatic N) is 1. The van der Waals surface area contributed by atoms with Crippen molar-refractivity contribution in [1.82, 2.24) is 9.62 Å². The lowest BCUT2D eigenvalue weighted by Gasteiger charge is -2.39. The van der Waals surface area contributed by atoms with E-state index in [1.54, 1.807) is 0 Å². The van der Waals surface area contributed by atoms with E-state index in [4.69, 9.17) is 11.1 Å². The SMILES string of the molecule is CCCS(=O)(=O)NC1(C(=N)N)CCN(C)CC1. The molecule has 0 aromatic carbocycles. The van der Waals surface area contributed by atoms with E-state index >= 15 is 0 Å². The summed E-state index contributed by atoms with van der Waals surface area (Å²) >= 11 is 0. The average molecular weight is 262 g/mol. The molecule has 0 unspecified atom stereocenters. The van der Waals surface area contributed by atoms with Crippen molar-refractivity contribution in [3.05, 3.63) is 0 Å². The summed E-state index contributed by atoms with van der Waals surface area (Å²) in [6.07, 6.45) is 1.67. The van der Waals surface area contributed by atoms with Crippen molar-refractivity contribution in [2.24, 2.45) is 5.73 Å². The molecule has 4 N–H and O–H groups in total. The molecule has 1 rings (SSSR count). The summed E-state index contributed by atoms with van der Waals surface area (Å²) in [5.41, 5.74) is 4.71. The van der Waals surface area contributed by atoms with E-state index in [0.29, 0.717) is 19.3 Å². The van der Waals surface area contributed by atoms with Crippen LogP contribution in [-0.4, -0.2) is 50.6 Å². The molecule has 1 heterocycles. The third-order valence-corrected chi connectivity index (χ3v) is 4.83. The van der Waals surface area contributed by atoms with Crippen molar-refractivity contribution in [3.63, 3.8) is 0 Å². The zero-order valence-corrected chi connectivity index (χ0v) is 11.3. The summed E-state index contributed by atoms with van der Waals surface area (Å²) < 4.78 is 26.3. The van der Waals surface area contributed by atoms with Crippen molar-refractivity contribution >= 4 is 15.9 Å². The number of sulfonamides is 1. The number of hydrogen-bond acceptors (Lipinski definition) is 4. The van der Waals surface area contributed by atoms with Gasteiger partial charge in [0.1, 0.15) is 5.84 Å². The average Bonchev–Trinajstić information content (AvgIpc) is 2.21. The molecule has 0 aromatic rings. The number of nitrogens with two attached hydrogens (primary N) is 1. The van der Waals surface area contributed by atoms with Crippen molar-refractivity contribution in [1.29, 1.82) is 5.41 Å². The molecular weight excluding hydrogens is 240 g/mol. The first-order chi connectivity index (χ1) is 7.81. The van der Waals surface area contributed by atoms with Gasteiger partial charge in [-0.2, -0.15) is 0 Å². The minimum atomic E-state index is -3.34. The van der Waals surface area contributed by atoms with Crippen LogP contribution in [0, 0.1) is 5.41 Å². The highest BCUT2D eigenvalue weighted by atomic mass is 32.2. The van der Waals surface area contributed by atoms with Crippen LogP contribution in [0.15, 0.2) is 0 Å². The Morgan fingerprint density at radius 3 is 2.41 bits per heavy atom. The summed E-state index contributed by atoms with van der Waals surface area (Å²) in [4.78, 5) is 2.11. The molecule has 0 radical (unpaired) electrons. The fourth-order valence-electron chi connectivity index (χ4n) is 2.04. The fraction of sp³-hybridized carbons (Fsp3) is 0.900. The summed E-state index contributed by atoms with van der Waals surface area (Å²) in [5.74, 6) is 0.00277. The van der Waals surface area contributed by atoms with Gasteiger partial charge in [-0.25, -0.2) is 13.1 Å². The van der Waals surface area contributed by atoms with Crippen molar-refractivity contribution in [3.8, 4) is 0 Å². The molecule has 0 saturated carbocycles. The van der Waals surface area contributed by atoms with E-state index < -0.39 is 15.6 Å². The molecule has 0 aliphatic carbocycles. The van der Waals surface area contributed by atoms with Gasteiger partial charge in [0.25, 0.3) is 0 Å². The van der Waals surface area contributed by atoms with E-state index in [-0.39, 0.29) is 11.6 Å². The normalized spacial score (nSPS) is 21.3. The summed E-state index contributed by atoms with van der Waals surface area (Å²) in [6.45, 7) is 3.30. The van der Waals surface area contributed by atoms with Crippen molar-refractivity contribution in [2.45, 2.75) is 31.7 Å². The maximum atomic E-state index is 11.8. The Kier molecular flexibility index (Phi) is 4.51. The van der Waals surface area contributed by atoms with Crippen molar-refractivity contribution < 1.29 is 8.42 Å². The lowest BCUT2D eigenvalue weighted by atomic mass is 9.88. The Labute approximate surface area is 103 Å². The van der Waals surface area contributed by atoms with E-state index in [9.17, 15) is 8.42 Å². The minimum absolute atomic E-state index is 0.0784. The van der Waals surface area contributed by atoms with Crippen molar-refractivity contribution in [2.75, 3.05) is 25.9 Å². The smallest absolute Gasteiger partial charge is 0.212 e. The first-order valence-electron chi connectivity index (χ1n) is 5.86. The molecule has 100 valence electrons. The molecule has 0 atom stereocenters. The summed E-state index contributed by atoms with van der Waals surface area (Å²) in [6, 6.07) is 0. The van der Waals surface area contributed by atoms with Gasteiger partial charge in [-0.05, 0) is 26.3 Å². The lowest BCUT2D eigenvalue weighted by molar-refractivity contribution is 0.218. The molecule has 0 aromatic heterocycles. The predicted molar refractivity (Wildman–Crippen MR) is 68.6 cm³/mol. The van der Waals surface area contributed by atoms with Crippen LogP contribution in [-0.2, 0) is 10.0 Å². The number of amidine groups is 1. The Balaban J connectivity index is 2.84. The van der Waals surface area contributed by atoms with Gasteiger partial charge in [-0.1, -0.05) is 6.92 Å². The standard InChI is InChI=1S/C10H22N4O2S/c1-3-8-17(15,16)13-10(9(11)12)4-6-14(2)7-5-10/h13H,3-8H2,1-2H3,(H3,11,12). The third-order valence-electron chi connectivity index (χ3n) is 3.18. The van der Waals surface area contributed by atoms with E-state index in [1.807, 2.05) is 14.0 Å². The quantitative estimate of drug-likeness (QED) is 0.468. The molecule has 17 heavy (non-hydrogen) atoms. The fourth-order valence-corrected chi connectivity index (χ4v) is 3.59. The Morgan fingerprint density at radius 2 is 2.00 bits per heavy atom. The van der Waals surface area contributed by atoms with Crippen LogP contribution >= 0.6 is 0 Å². The van der Waals surface area contributed by atoms with Crippen LogP contribution < -0.4 is 10.5 Å². The molecule has 0 spiro atoms. The molecule has 1 saturated heterocycles. The van der Waals surface area contributed by atoms with Crippen LogP contribution in [0.25, 0.3) is 0 Å². The van der Waals surface area contributed by atoms with Gasteiger partial charge in [-0.3, -0.25) is 5.41 Å². The second-order valence-electron chi connectivity index (χ2n) is 4.72. The molecule has 0 amide bonds. The van der Waals surface area contributed by atoms with Gasteiger partial charge in [0.2, 0.25) is 10.0 Å². The van der Waals surface area contributed by atoms with Crippen LogP contribution in [0.1, 0.15) is 26.2 Å². The molecule has 6 nitrogen and oxygen atoms in total. The number of rotatable bonds is 5. The van der Waals surface area contributed by atoms with Gasteiger partial charge in [0.15, 0.2) is 0 Å². The maximum Gasteiger partial charge on any atom is 0.212 e. The zero-order chi connectivity index (χ0) is 13.1. The lowest BCUT2D eigenvalue weighted by Crippen LogP contribution is -2.61. The number of hydrogen-bond donors (Lipinski definition) is 3. The Bertz CT molecular complexity index is 372. The molecule has 1 aliphatic rings. The van der Waals surface area contributed by atoms with E-state index in [1.165, 1.54) is 0 Å². The molecule has 1 fully saturated rings. The largest absolute Gasteiger partial charge is 0.386 e. The number of likely N-dealkylation sites (tertiary alicyclic amines) is 1. The minimum Gasteiger partial charge on any atom is -0.386 e. The second kappa shape index (κ2) is 5.32. The predicted octanol–water partition coefficient (Wildman–Crippen LogP) is -0.284. The van der Waals surface area contributed by atoms with E-state index in [2.05, 4.69) is 9.62 Å². The highest BCUT2D eigenvalue weighted by molar-refractivity contribution is 7.89. The highest BCUT2D eigenvalue weighted by Crippen LogP contribution is 2.22. The van der Waals surface area contributed by atoms with Gasteiger partial charge in [0, 0.05) is 13.1 Å². The van der Waals surface area contributed by atoms with Gasteiger partial charge in [0.05, 0.1) is 11.3 Å². The highest BCUT2D eigenvalue weighted by Gasteiger charge is 2.39. The third kappa shape index (κ3) is 3.65. The van der Waals surface area contributed by atoms with Gasteiger partial charge < -0.3 is 10.6 Å². The Hall–Kier alpha value is -0.660. The Morgan fingerprint density at radius 1 is 1.47 bits per heavy atom. The van der Waals surface area contributed by atoms with E-state index in [0.717, 1.165) is 13.1 Å². The van der Waals surface area contributed by atoms with Crippen LogP contribution in [0.2, 0.25) is 0 Å². The zero-order valence-electron chi connectivity index (χ0n) is 10.5. The summed E-state index contributed by atoms with van der Waals surface area (Å²) in [7, 11) is -1.36. The maximum absolute atomic E-state index is 11.8. The molecular formula is C10H22N4O2S. The topological polar surface area (TPSA) is 99.3 Å². The van der Waals surface area contributed by atoms with Crippen LogP contribution in [0.3, 0.4) is 0 Å². The van der Waals surface area contributed by atoms with Gasteiger partial charge >= 0.3 is 0 Å². The first kappa shape index (κ1) is 14.4. The molecule has 1 aliphatic heterocycles. The van der Waals surface area contributed by atoms with Crippen LogP contribution in [0.4, 0.5) is 0 Å². The molecule has 7 heteroatoms. The van der Waals surface area contributed by atoms with Gasteiger partial charge in [-0.15, -0.1) is 0 Å². The first-order valence-corrected chi connectivity index (χ1v) is 7.51. The molecule has 0 bridgehead atoms. The second-order valence-corrected chi connectivity index (χ2v) is 6.56.